The van der Waals surface area contributed by atoms with Gasteiger partial charge < -0.3 is 24.2 Å². The Labute approximate surface area is 345 Å². The Morgan fingerprint density at radius 1 is 0.585 bits per heavy atom. The Morgan fingerprint density at radius 2 is 1.02 bits per heavy atom. The normalized spacial score (nSPS) is 11.2. The van der Waals surface area contributed by atoms with Crippen LogP contribution >= 0.6 is 0 Å². The van der Waals surface area contributed by atoms with Crippen molar-refractivity contribution < 1.29 is 45.6 Å². The van der Waals surface area contributed by atoms with Gasteiger partial charge in [-0.15, -0.1) is 5.75 Å². The van der Waals surface area contributed by atoms with Crippen LogP contribution < -0.4 is 14.6 Å². The van der Waals surface area contributed by atoms with Crippen LogP contribution in [-0.4, -0.2) is 68.8 Å². The van der Waals surface area contributed by atoms with Gasteiger partial charge in [-0.25, -0.2) is 8.42 Å². The molecule has 13 heteroatoms. The van der Waals surface area contributed by atoms with E-state index in [9.17, 15) is 36.2 Å². The number of phenolic OH excluding ortho intramolecular Hbond substituents is 1. The molecular formula is C40H50CaO10S2. The molecular weight excluding hydrogens is 745 g/mol. The standard InChI is InChI=1S/2C20H26O5S.Ca/c2*1-2-3-4-5-6-7-10-16-11-8-14-19(26(22,23)24)20(16)25-18-13-9-12-17(21)15-18;/h2*8-9,11-15,21H,2-7,10H2,1H3,(H,22,23,24);/q;;+2/p-2. The zero-order valence-corrected chi connectivity index (χ0v) is 34.5. The van der Waals surface area contributed by atoms with Gasteiger partial charge in [0.05, 0.1) is 4.90 Å². The number of aromatic hydroxyl groups is 1. The third-order valence-electron chi connectivity index (χ3n) is 8.33. The molecule has 2 N–H and O–H groups in total. The van der Waals surface area contributed by atoms with Crippen molar-refractivity contribution >= 4 is 58.0 Å². The molecule has 10 nitrogen and oxygen atoms in total. The molecule has 4 aromatic carbocycles. The Kier molecular flexibility index (Phi) is 20.8. The van der Waals surface area contributed by atoms with Gasteiger partial charge in [-0.3, -0.25) is 4.55 Å². The largest absolute Gasteiger partial charge is 2.00 e. The van der Waals surface area contributed by atoms with Crippen molar-refractivity contribution in [1.82, 2.24) is 0 Å². The SMILES string of the molecule is CCCCCCCCc1cccc(S(=O)(=O)O)c1Oc1cccc(O)c1.CCCCCCCCc1cccc(S(=O)(=O)[O-])c1Oc1cccc([O-])c1.[Ca+2]. The van der Waals surface area contributed by atoms with Crippen LogP contribution in [0, 0.1) is 0 Å². The van der Waals surface area contributed by atoms with Crippen molar-refractivity contribution in [3.05, 3.63) is 96.1 Å². The number of phenols is 1. The van der Waals surface area contributed by atoms with Crippen molar-refractivity contribution in [2.75, 3.05) is 0 Å². The van der Waals surface area contributed by atoms with Crippen molar-refractivity contribution in [2.24, 2.45) is 0 Å². The van der Waals surface area contributed by atoms with Crippen LogP contribution in [0.3, 0.4) is 0 Å². The fourth-order valence-electron chi connectivity index (χ4n) is 5.66. The fraction of sp³-hybridized carbons (Fsp3) is 0.400. The number of para-hydroxylation sites is 2. The van der Waals surface area contributed by atoms with E-state index < -0.39 is 25.1 Å². The van der Waals surface area contributed by atoms with E-state index in [1.165, 1.54) is 81.0 Å². The molecule has 0 atom stereocenters. The van der Waals surface area contributed by atoms with Crippen LogP contribution in [0.2, 0.25) is 0 Å². The molecule has 4 rings (SSSR count). The molecule has 53 heavy (non-hydrogen) atoms. The van der Waals surface area contributed by atoms with Crippen molar-refractivity contribution in [1.29, 1.82) is 0 Å². The minimum absolute atomic E-state index is 0. The van der Waals surface area contributed by atoms with Crippen molar-refractivity contribution in [3.8, 4) is 34.5 Å². The van der Waals surface area contributed by atoms with Gasteiger partial charge in [0.2, 0.25) is 0 Å². The molecule has 0 spiro atoms. The van der Waals surface area contributed by atoms with Crippen molar-refractivity contribution in [2.45, 2.75) is 114 Å². The minimum atomic E-state index is -4.68. The minimum Gasteiger partial charge on any atom is -0.872 e. The van der Waals surface area contributed by atoms with E-state index >= 15 is 0 Å². The molecule has 0 amide bonds. The Balaban J connectivity index is 0.000000360. The number of rotatable bonds is 20. The first-order chi connectivity index (χ1) is 24.8. The number of hydrogen-bond acceptors (Lipinski definition) is 9. The smallest absolute Gasteiger partial charge is 0.872 e. The Bertz CT molecular complexity index is 1780. The van der Waals surface area contributed by atoms with Crippen LogP contribution in [0.4, 0.5) is 0 Å². The number of hydrogen-bond donors (Lipinski definition) is 2. The molecule has 0 saturated heterocycles. The second kappa shape index (κ2) is 23.8. The third kappa shape index (κ3) is 16.6. The molecule has 0 heterocycles. The van der Waals surface area contributed by atoms with Gasteiger partial charge in [0.1, 0.15) is 38.0 Å². The molecule has 0 aliphatic heterocycles. The first-order valence-electron chi connectivity index (χ1n) is 17.9. The average Bonchev–Trinajstić information content (AvgIpc) is 3.08. The molecule has 0 aliphatic rings. The molecule has 0 unspecified atom stereocenters. The Hall–Kier alpha value is -2.84. The van der Waals surface area contributed by atoms with Gasteiger partial charge in [0.25, 0.3) is 10.1 Å². The molecule has 0 saturated carbocycles. The van der Waals surface area contributed by atoms with E-state index in [1.54, 1.807) is 42.5 Å². The quantitative estimate of drug-likeness (QED) is 0.0499. The summed E-state index contributed by atoms with van der Waals surface area (Å²) >= 11 is 0. The maximum atomic E-state index is 11.7. The van der Waals surface area contributed by atoms with E-state index in [-0.39, 0.29) is 71.4 Å². The zero-order valence-electron chi connectivity index (χ0n) is 30.7. The number of ether oxygens (including phenoxy) is 2. The summed E-state index contributed by atoms with van der Waals surface area (Å²) in [7, 11) is -9.10. The topological polar surface area (TPSA) is 173 Å². The van der Waals surface area contributed by atoms with E-state index in [4.69, 9.17) is 9.47 Å². The van der Waals surface area contributed by atoms with Crippen LogP contribution in [-0.2, 0) is 33.1 Å². The summed E-state index contributed by atoms with van der Waals surface area (Å²) in [5.41, 5.74) is 1.38. The molecule has 284 valence electrons. The molecule has 0 radical (unpaired) electrons. The molecule has 0 fully saturated rings. The molecule has 0 aromatic heterocycles. The van der Waals surface area contributed by atoms with E-state index in [2.05, 4.69) is 13.8 Å². The van der Waals surface area contributed by atoms with Crippen LogP contribution in [0.1, 0.15) is 102 Å². The van der Waals surface area contributed by atoms with Gasteiger partial charge >= 0.3 is 37.7 Å². The van der Waals surface area contributed by atoms with Gasteiger partial charge in [-0.2, -0.15) is 8.42 Å². The molecule has 4 aromatic rings. The van der Waals surface area contributed by atoms with Crippen LogP contribution in [0.5, 0.6) is 34.5 Å². The maximum absolute atomic E-state index is 11.7. The summed E-state index contributed by atoms with van der Waals surface area (Å²) in [6.07, 6.45) is 14.6. The molecule has 0 aliphatic carbocycles. The maximum Gasteiger partial charge on any atom is 2.00 e. The zero-order chi connectivity index (χ0) is 38.0. The van der Waals surface area contributed by atoms with Crippen LogP contribution in [0.25, 0.3) is 0 Å². The fourth-order valence-corrected chi connectivity index (χ4v) is 6.96. The summed E-state index contributed by atoms with van der Waals surface area (Å²) in [5.74, 6) is 0.450. The first-order valence-corrected chi connectivity index (χ1v) is 20.8. The van der Waals surface area contributed by atoms with Gasteiger partial charge in [0, 0.05) is 6.07 Å². The average molecular weight is 795 g/mol. The van der Waals surface area contributed by atoms with Gasteiger partial charge in [-0.1, -0.05) is 121 Å². The second-order valence-electron chi connectivity index (χ2n) is 12.6. The van der Waals surface area contributed by atoms with Gasteiger partial charge in [0.15, 0.2) is 5.75 Å². The first kappa shape index (κ1) is 46.3. The summed E-state index contributed by atoms with van der Waals surface area (Å²) < 4.78 is 79.3. The third-order valence-corrected chi connectivity index (χ3v) is 10.1. The predicted molar refractivity (Wildman–Crippen MR) is 205 cm³/mol. The van der Waals surface area contributed by atoms with E-state index in [0.29, 0.717) is 24.2 Å². The predicted octanol–water partition coefficient (Wildman–Crippen LogP) is 9.31. The van der Waals surface area contributed by atoms with Crippen LogP contribution in [0.15, 0.2) is 94.7 Å². The Morgan fingerprint density at radius 3 is 1.49 bits per heavy atom. The van der Waals surface area contributed by atoms with Gasteiger partial charge in [-0.05, 0) is 73.2 Å². The monoisotopic (exact) mass is 794 g/mol. The van der Waals surface area contributed by atoms with E-state index in [0.717, 1.165) is 44.1 Å². The summed E-state index contributed by atoms with van der Waals surface area (Å²) in [4.78, 5) is -0.651. The number of unbranched alkanes of at least 4 members (excludes halogenated alkanes) is 10. The number of benzene rings is 4. The summed E-state index contributed by atoms with van der Waals surface area (Å²) in [6, 6.07) is 21.1. The molecule has 0 bridgehead atoms. The second-order valence-corrected chi connectivity index (χ2v) is 15.4. The van der Waals surface area contributed by atoms with E-state index in [1.807, 2.05) is 0 Å². The summed E-state index contributed by atoms with van der Waals surface area (Å²) in [6.45, 7) is 4.33. The number of aryl methyl sites for hydroxylation is 2. The van der Waals surface area contributed by atoms with Crippen molar-refractivity contribution in [3.63, 3.8) is 0 Å². The summed E-state index contributed by atoms with van der Waals surface area (Å²) in [5, 5.41) is 21.1.